The molecule has 0 bridgehead atoms. The van der Waals surface area contributed by atoms with Gasteiger partial charge in [-0.2, -0.15) is 5.10 Å². The van der Waals surface area contributed by atoms with Gasteiger partial charge in [-0.05, 0) is 18.2 Å². The second kappa shape index (κ2) is 5.78. The minimum Gasteiger partial charge on any atom is -0.454 e. The van der Waals surface area contributed by atoms with Gasteiger partial charge in [-0.15, -0.1) is 0 Å². The Labute approximate surface area is 137 Å². The van der Waals surface area contributed by atoms with Gasteiger partial charge in [-0.3, -0.25) is 10.4 Å². The van der Waals surface area contributed by atoms with E-state index in [4.69, 9.17) is 21.1 Å². The van der Waals surface area contributed by atoms with Gasteiger partial charge in [0.05, 0.1) is 22.4 Å². The van der Waals surface area contributed by atoms with Gasteiger partial charge < -0.3 is 9.47 Å². The van der Waals surface area contributed by atoms with Crippen LogP contribution in [0.4, 0.5) is 5.69 Å². The van der Waals surface area contributed by atoms with Gasteiger partial charge in [0, 0.05) is 23.2 Å². The Morgan fingerprint density at radius 1 is 1.13 bits per heavy atom. The normalized spacial score (nSPS) is 12.9. The quantitative estimate of drug-likeness (QED) is 0.582. The number of hydrazone groups is 1. The summed E-state index contributed by atoms with van der Waals surface area (Å²) in [7, 11) is 0. The van der Waals surface area contributed by atoms with Gasteiger partial charge in [0.15, 0.2) is 11.5 Å². The molecule has 6 heteroatoms. The van der Waals surface area contributed by atoms with Crippen LogP contribution in [0, 0.1) is 0 Å². The fourth-order valence-electron chi connectivity index (χ4n) is 2.40. The Balaban J connectivity index is 1.60. The Bertz CT molecular complexity index is 906. The van der Waals surface area contributed by atoms with Crippen molar-refractivity contribution < 1.29 is 9.47 Å². The number of para-hydroxylation sites is 1. The Morgan fingerprint density at radius 3 is 2.87 bits per heavy atom. The van der Waals surface area contributed by atoms with Crippen LogP contribution in [-0.2, 0) is 0 Å². The summed E-state index contributed by atoms with van der Waals surface area (Å²) in [6.45, 7) is 0.214. The predicted octanol–water partition coefficient (Wildman–Crippen LogP) is 4.06. The number of halogens is 1. The molecule has 0 unspecified atom stereocenters. The molecule has 3 aromatic rings. The lowest BCUT2D eigenvalue weighted by molar-refractivity contribution is 0.174. The lowest BCUT2D eigenvalue weighted by Crippen LogP contribution is -1.94. The zero-order valence-corrected chi connectivity index (χ0v) is 12.7. The van der Waals surface area contributed by atoms with Crippen LogP contribution in [0.5, 0.6) is 11.5 Å². The third-order valence-corrected chi connectivity index (χ3v) is 3.84. The van der Waals surface area contributed by atoms with Crippen molar-refractivity contribution >= 4 is 34.4 Å². The summed E-state index contributed by atoms with van der Waals surface area (Å²) in [5, 5.41) is 5.85. The van der Waals surface area contributed by atoms with Crippen LogP contribution in [0.3, 0.4) is 0 Å². The van der Waals surface area contributed by atoms with Gasteiger partial charge >= 0.3 is 0 Å². The summed E-state index contributed by atoms with van der Waals surface area (Å²) in [4.78, 5) is 4.37. The maximum Gasteiger partial charge on any atom is 0.231 e. The number of nitrogens with zero attached hydrogens (tertiary/aromatic N) is 2. The van der Waals surface area contributed by atoms with Crippen molar-refractivity contribution in [2.45, 2.75) is 0 Å². The average molecular weight is 326 g/mol. The topological polar surface area (TPSA) is 55.7 Å². The molecule has 0 amide bonds. The molecule has 1 aliphatic rings. The number of rotatable bonds is 3. The summed E-state index contributed by atoms with van der Waals surface area (Å²) in [5.41, 5.74) is 5.45. The maximum absolute atomic E-state index is 6.22. The van der Waals surface area contributed by atoms with Crippen molar-refractivity contribution in [3.05, 3.63) is 59.2 Å². The molecule has 0 atom stereocenters. The summed E-state index contributed by atoms with van der Waals surface area (Å²) < 4.78 is 10.6. The van der Waals surface area contributed by atoms with Crippen molar-refractivity contribution in [3.8, 4) is 11.5 Å². The van der Waals surface area contributed by atoms with Gasteiger partial charge in [-0.25, -0.2) is 0 Å². The Hall–Kier alpha value is -2.79. The minimum absolute atomic E-state index is 0.214. The number of pyridine rings is 1. The molecule has 23 heavy (non-hydrogen) atoms. The molecule has 114 valence electrons. The Morgan fingerprint density at radius 2 is 1.96 bits per heavy atom. The van der Waals surface area contributed by atoms with Gasteiger partial charge in [0.25, 0.3) is 0 Å². The number of benzene rings is 2. The number of aromatic nitrogens is 1. The highest BCUT2D eigenvalue weighted by atomic mass is 35.5. The van der Waals surface area contributed by atoms with E-state index in [1.807, 2.05) is 30.3 Å². The van der Waals surface area contributed by atoms with Gasteiger partial charge in [-0.1, -0.05) is 29.8 Å². The zero-order valence-electron chi connectivity index (χ0n) is 12.0. The first-order valence-corrected chi connectivity index (χ1v) is 7.41. The first kappa shape index (κ1) is 13.8. The SMILES string of the molecule is Clc1cc2c(cc1/C=N\Nc1cccc3cccnc13)OCO2. The molecule has 5 nitrogen and oxygen atoms in total. The second-order valence-electron chi connectivity index (χ2n) is 4.98. The van der Waals surface area contributed by atoms with E-state index in [9.17, 15) is 0 Å². The summed E-state index contributed by atoms with van der Waals surface area (Å²) >= 11 is 6.22. The minimum atomic E-state index is 0.214. The zero-order chi connectivity index (χ0) is 15.6. The fourth-order valence-corrected chi connectivity index (χ4v) is 2.60. The van der Waals surface area contributed by atoms with Gasteiger partial charge in [0.2, 0.25) is 6.79 Å². The largest absolute Gasteiger partial charge is 0.454 e. The summed E-state index contributed by atoms with van der Waals surface area (Å²) in [6, 6.07) is 13.3. The molecule has 1 aliphatic heterocycles. The van der Waals surface area contributed by atoms with E-state index < -0.39 is 0 Å². The van der Waals surface area contributed by atoms with Crippen LogP contribution in [0.1, 0.15) is 5.56 Å². The fraction of sp³-hybridized carbons (Fsp3) is 0.0588. The molecule has 0 saturated carbocycles. The van der Waals surface area contributed by atoms with E-state index in [0.29, 0.717) is 16.5 Å². The van der Waals surface area contributed by atoms with Crippen molar-refractivity contribution in [2.24, 2.45) is 5.10 Å². The molecule has 0 spiro atoms. The predicted molar refractivity (Wildman–Crippen MR) is 90.5 cm³/mol. The molecule has 1 N–H and O–H groups in total. The molecular weight excluding hydrogens is 314 g/mol. The molecular formula is C17H12ClN3O2. The first-order chi connectivity index (χ1) is 11.3. The van der Waals surface area contributed by atoms with Gasteiger partial charge in [0.1, 0.15) is 0 Å². The number of ether oxygens (including phenoxy) is 2. The standard InChI is InChI=1S/C17H12ClN3O2/c18-13-8-16-15(22-10-23-16)7-12(13)9-20-21-14-5-1-3-11-4-2-6-19-17(11)14/h1-9,21H,10H2/b20-9-. The lowest BCUT2D eigenvalue weighted by Gasteiger charge is -2.05. The van der Waals surface area contributed by atoms with E-state index in [0.717, 1.165) is 22.2 Å². The van der Waals surface area contributed by atoms with Crippen LogP contribution in [0.25, 0.3) is 10.9 Å². The molecule has 0 radical (unpaired) electrons. The van der Waals surface area contributed by atoms with Crippen molar-refractivity contribution in [3.63, 3.8) is 0 Å². The summed E-state index contributed by atoms with van der Waals surface area (Å²) in [5.74, 6) is 1.32. The van der Waals surface area contributed by atoms with E-state index in [2.05, 4.69) is 15.5 Å². The molecule has 1 aromatic heterocycles. The second-order valence-corrected chi connectivity index (χ2v) is 5.38. The van der Waals surface area contributed by atoms with Crippen LogP contribution in [0.2, 0.25) is 5.02 Å². The van der Waals surface area contributed by atoms with E-state index in [1.165, 1.54) is 0 Å². The third-order valence-electron chi connectivity index (χ3n) is 3.51. The maximum atomic E-state index is 6.22. The smallest absolute Gasteiger partial charge is 0.231 e. The van der Waals surface area contributed by atoms with Crippen LogP contribution < -0.4 is 14.9 Å². The number of hydrogen-bond acceptors (Lipinski definition) is 5. The number of hydrogen-bond donors (Lipinski definition) is 1. The number of anilines is 1. The third kappa shape index (κ3) is 2.66. The molecule has 4 rings (SSSR count). The molecule has 0 aliphatic carbocycles. The number of nitrogens with one attached hydrogen (secondary N) is 1. The van der Waals surface area contributed by atoms with E-state index >= 15 is 0 Å². The van der Waals surface area contributed by atoms with Crippen LogP contribution >= 0.6 is 11.6 Å². The van der Waals surface area contributed by atoms with E-state index in [-0.39, 0.29) is 6.79 Å². The van der Waals surface area contributed by atoms with Crippen LogP contribution in [0.15, 0.2) is 53.8 Å². The molecule has 2 aromatic carbocycles. The number of fused-ring (bicyclic) bond motifs is 2. The highest BCUT2D eigenvalue weighted by Crippen LogP contribution is 2.36. The summed E-state index contributed by atoms with van der Waals surface area (Å²) in [6.07, 6.45) is 3.40. The van der Waals surface area contributed by atoms with Crippen LogP contribution in [-0.4, -0.2) is 18.0 Å². The highest BCUT2D eigenvalue weighted by Gasteiger charge is 2.15. The lowest BCUT2D eigenvalue weighted by atomic mass is 10.2. The molecule has 0 saturated heterocycles. The monoisotopic (exact) mass is 325 g/mol. The average Bonchev–Trinajstić information content (AvgIpc) is 3.02. The van der Waals surface area contributed by atoms with Crippen molar-refractivity contribution in [1.29, 1.82) is 0 Å². The van der Waals surface area contributed by atoms with Crippen molar-refractivity contribution in [2.75, 3.05) is 12.2 Å². The molecule has 2 heterocycles. The van der Waals surface area contributed by atoms with Crippen molar-refractivity contribution in [1.82, 2.24) is 4.98 Å². The Kier molecular flexibility index (Phi) is 3.48. The first-order valence-electron chi connectivity index (χ1n) is 7.03. The highest BCUT2D eigenvalue weighted by molar-refractivity contribution is 6.33. The molecule has 0 fully saturated rings. The van der Waals surface area contributed by atoms with E-state index in [1.54, 1.807) is 24.5 Å².